The predicted octanol–water partition coefficient (Wildman–Crippen LogP) is 1.12. The molecule has 1 amide bonds. The van der Waals surface area contributed by atoms with E-state index in [2.05, 4.69) is 0 Å². The molecule has 14 heavy (non-hydrogen) atoms. The number of carbonyl (C=O) groups excluding carboxylic acids is 1. The highest BCUT2D eigenvalue weighted by molar-refractivity contribution is 5.91. The van der Waals surface area contributed by atoms with Crippen molar-refractivity contribution in [1.82, 2.24) is 4.90 Å². The first-order valence-corrected chi connectivity index (χ1v) is 4.58. The molecule has 0 fully saturated rings. The van der Waals surface area contributed by atoms with Gasteiger partial charge in [0.05, 0.1) is 12.4 Å². The standard InChI is InChI=1S/C10H15NO3/c1-8(12)5-6-11(2)10(13)9-4-3-7-14-9/h3-4,7-8,12H,5-6H2,1-2H3. The second-order valence-electron chi connectivity index (χ2n) is 3.34. The summed E-state index contributed by atoms with van der Waals surface area (Å²) in [5.41, 5.74) is 0. The summed E-state index contributed by atoms with van der Waals surface area (Å²) in [6.45, 7) is 2.22. The Kier molecular flexibility index (Phi) is 3.71. The molecule has 1 aromatic heterocycles. The van der Waals surface area contributed by atoms with Crippen LogP contribution in [0.2, 0.25) is 0 Å². The Morgan fingerprint density at radius 3 is 2.93 bits per heavy atom. The molecule has 0 saturated heterocycles. The molecule has 0 aliphatic heterocycles. The molecule has 1 unspecified atom stereocenters. The Balaban J connectivity index is 2.45. The highest BCUT2D eigenvalue weighted by atomic mass is 16.3. The third-order valence-electron chi connectivity index (χ3n) is 1.96. The van der Waals surface area contributed by atoms with Gasteiger partial charge in [0.1, 0.15) is 0 Å². The summed E-state index contributed by atoms with van der Waals surface area (Å²) >= 11 is 0. The van der Waals surface area contributed by atoms with E-state index in [9.17, 15) is 4.79 Å². The van der Waals surface area contributed by atoms with E-state index in [1.165, 1.54) is 11.2 Å². The van der Waals surface area contributed by atoms with Crippen LogP contribution in [0.15, 0.2) is 22.8 Å². The second-order valence-corrected chi connectivity index (χ2v) is 3.34. The van der Waals surface area contributed by atoms with Crippen molar-refractivity contribution in [3.05, 3.63) is 24.2 Å². The molecule has 0 aliphatic rings. The molecular weight excluding hydrogens is 182 g/mol. The van der Waals surface area contributed by atoms with E-state index in [0.29, 0.717) is 18.7 Å². The molecule has 0 saturated carbocycles. The van der Waals surface area contributed by atoms with E-state index >= 15 is 0 Å². The zero-order valence-corrected chi connectivity index (χ0v) is 8.43. The zero-order chi connectivity index (χ0) is 10.6. The minimum atomic E-state index is -0.387. The Morgan fingerprint density at radius 2 is 2.43 bits per heavy atom. The quantitative estimate of drug-likeness (QED) is 0.787. The average Bonchev–Trinajstić information content (AvgIpc) is 2.65. The first-order chi connectivity index (χ1) is 6.61. The number of nitrogens with zero attached hydrogens (tertiary/aromatic N) is 1. The maximum atomic E-state index is 11.6. The lowest BCUT2D eigenvalue weighted by atomic mass is 10.2. The van der Waals surface area contributed by atoms with Gasteiger partial charge in [0.2, 0.25) is 0 Å². The maximum absolute atomic E-state index is 11.6. The lowest BCUT2D eigenvalue weighted by Crippen LogP contribution is -2.29. The summed E-state index contributed by atoms with van der Waals surface area (Å²) in [5, 5.41) is 9.05. The van der Waals surface area contributed by atoms with Crippen molar-refractivity contribution in [1.29, 1.82) is 0 Å². The van der Waals surface area contributed by atoms with Crippen molar-refractivity contribution in [2.24, 2.45) is 0 Å². The van der Waals surface area contributed by atoms with Crippen LogP contribution in [0.1, 0.15) is 23.9 Å². The second kappa shape index (κ2) is 4.81. The number of carbonyl (C=O) groups is 1. The van der Waals surface area contributed by atoms with Gasteiger partial charge in [0, 0.05) is 13.6 Å². The Hall–Kier alpha value is -1.29. The fourth-order valence-corrected chi connectivity index (χ4v) is 1.07. The van der Waals surface area contributed by atoms with Crippen LogP contribution in [0.5, 0.6) is 0 Å². The minimum absolute atomic E-state index is 0.157. The normalized spacial score (nSPS) is 12.5. The Labute approximate surface area is 83.1 Å². The number of furan rings is 1. The van der Waals surface area contributed by atoms with Crippen LogP contribution >= 0.6 is 0 Å². The SMILES string of the molecule is CC(O)CCN(C)C(=O)c1ccco1. The Bertz CT molecular complexity index is 280. The molecule has 4 heteroatoms. The molecule has 0 aliphatic carbocycles. The van der Waals surface area contributed by atoms with Gasteiger partial charge < -0.3 is 14.4 Å². The highest BCUT2D eigenvalue weighted by Crippen LogP contribution is 2.05. The summed E-state index contributed by atoms with van der Waals surface area (Å²) in [6, 6.07) is 3.30. The molecule has 1 rings (SSSR count). The van der Waals surface area contributed by atoms with Gasteiger partial charge in [0.25, 0.3) is 5.91 Å². The monoisotopic (exact) mass is 197 g/mol. The molecule has 0 bridgehead atoms. The van der Waals surface area contributed by atoms with Crippen molar-refractivity contribution in [2.75, 3.05) is 13.6 Å². The number of aliphatic hydroxyl groups excluding tert-OH is 1. The summed E-state index contributed by atoms with van der Waals surface area (Å²) in [4.78, 5) is 13.1. The van der Waals surface area contributed by atoms with Crippen molar-refractivity contribution in [2.45, 2.75) is 19.4 Å². The Morgan fingerprint density at radius 1 is 1.71 bits per heavy atom. The van der Waals surface area contributed by atoms with Gasteiger partial charge in [-0.1, -0.05) is 0 Å². The summed E-state index contributed by atoms with van der Waals surface area (Å²) < 4.78 is 4.97. The molecule has 1 heterocycles. The van der Waals surface area contributed by atoms with E-state index in [1.807, 2.05) is 0 Å². The number of rotatable bonds is 4. The predicted molar refractivity (Wildman–Crippen MR) is 52.0 cm³/mol. The molecule has 1 N–H and O–H groups in total. The highest BCUT2D eigenvalue weighted by Gasteiger charge is 2.14. The van der Waals surface area contributed by atoms with Crippen LogP contribution in [0, 0.1) is 0 Å². The van der Waals surface area contributed by atoms with E-state index < -0.39 is 0 Å². The van der Waals surface area contributed by atoms with Crippen LogP contribution in [0.4, 0.5) is 0 Å². The number of amides is 1. The molecule has 0 spiro atoms. The summed E-state index contributed by atoms with van der Waals surface area (Å²) in [6.07, 6.45) is 1.65. The van der Waals surface area contributed by atoms with E-state index in [1.54, 1.807) is 26.1 Å². The van der Waals surface area contributed by atoms with E-state index in [0.717, 1.165) is 0 Å². The van der Waals surface area contributed by atoms with Crippen molar-refractivity contribution in [3.8, 4) is 0 Å². The summed E-state index contributed by atoms with van der Waals surface area (Å²) in [7, 11) is 1.69. The lowest BCUT2D eigenvalue weighted by molar-refractivity contribution is 0.0738. The molecule has 0 radical (unpaired) electrons. The molecule has 0 aromatic carbocycles. The first kappa shape index (κ1) is 10.8. The van der Waals surface area contributed by atoms with E-state index in [-0.39, 0.29) is 12.0 Å². The van der Waals surface area contributed by atoms with Crippen LogP contribution in [0.3, 0.4) is 0 Å². The van der Waals surface area contributed by atoms with Gasteiger partial charge >= 0.3 is 0 Å². The van der Waals surface area contributed by atoms with Crippen molar-refractivity contribution >= 4 is 5.91 Å². The minimum Gasteiger partial charge on any atom is -0.459 e. The van der Waals surface area contributed by atoms with Gasteiger partial charge in [-0.15, -0.1) is 0 Å². The van der Waals surface area contributed by atoms with E-state index in [4.69, 9.17) is 9.52 Å². The number of hydrogen-bond donors (Lipinski definition) is 1. The largest absolute Gasteiger partial charge is 0.459 e. The molecule has 4 nitrogen and oxygen atoms in total. The van der Waals surface area contributed by atoms with Gasteiger partial charge in [-0.25, -0.2) is 0 Å². The molecular formula is C10H15NO3. The first-order valence-electron chi connectivity index (χ1n) is 4.58. The molecule has 1 atom stereocenters. The fourth-order valence-electron chi connectivity index (χ4n) is 1.07. The third-order valence-corrected chi connectivity index (χ3v) is 1.96. The van der Waals surface area contributed by atoms with Gasteiger partial charge in [-0.05, 0) is 25.5 Å². The fraction of sp³-hybridized carbons (Fsp3) is 0.500. The van der Waals surface area contributed by atoms with Crippen molar-refractivity contribution in [3.63, 3.8) is 0 Å². The average molecular weight is 197 g/mol. The van der Waals surface area contributed by atoms with Crippen molar-refractivity contribution < 1.29 is 14.3 Å². The molecule has 1 aromatic rings. The topological polar surface area (TPSA) is 53.7 Å². The van der Waals surface area contributed by atoms with Gasteiger partial charge in [-0.3, -0.25) is 4.79 Å². The van der Waals surface area contributed by atoms with Crippen LogP contribution in [0.25, 0.3) is 0 Å². The smallest absolute Gasteiger partial charge is 0.289 e. The van der Waals surface area contributed by atoms with Crippen LogP contribution in [-0.4, -0.2) is 35.6 Å². The maximum Gasteiger partial charge on any atom is 0.289 e. The zero-order valence-electron chi connectivity index (χ0n) is 8.43. The number of hydrogen-bond acceptors (Lipinski definition) is 3. The number of aliphatic hydroxyl groups is 1. The third kappa shape index (κ3) is 2.88. The summed E-state index contributed by atoms with van der Waals surface area (Å²) in [5.74, 6) is 0.175. The van der Waals surface area contributed by atoms with Gasteiger partial charge in [0.15, 0.2) is 5.76 Å². The van der Waals surface area contributed by atoms with Gasteiger partial charge in [-0.2, -0.15) is 0 Å². The van der Waals surface area contributed by atoms with Crippen LogP contribution in [-0.2, 0) is 0 Å². The van der Waals surface area contributed by atoms with Crippen LogP contribution < -0.4 is 0 Å². The lowest BCUT2D eigenvalue weighted by Gasteiger charge is -2.16. The molecule has 78 valence electrons.